The van der Waals surface area contributed by atoms with Crippen molar-refractivity contribution < 1.29 is 0 Å². The molecule has 2 aromatic rings. The number of amidine groups is 1. The Balaban J connectivity index is 2.26. The Morgan fingerprint density at radius 2 is 2.00 bits per heavy atom. The summed E-state index contributed by atoms with van der Waals surface area (Å²) >= 11 is 1.45. The van der Waals surface area contributed by atoms with Gasteiger partial charge in [0, 0.05) is 4.90 Å². The molecule has 0 saturated carbocycles. The Morgan fingerprint density at radius 1 is 1.21 bits per heavy atom. The Morgan fingerprint density at radius 3 is 2.79 bits per heavy atom. The van der Waals surface area contributed by atoms with Crippen LogP contribution in [0.4, 0.5) is 11.5 Å². The fourth-order valence-corrected chi connectivity index (χ4v) is 2.78. The van der Waals surface area contributed by atoms with Crippen LogP contribution < -0.4 is 11.5 Å². The van der Waals surface area contributed by atoms with Crippen LogP contribution in [0.1, 0.15) is 11.1 Å². The third-order valence-corrected chi connectivity index (χ3v) is 3.80. The van der Waals surface area contributed by atoms with Crippen molar-refractivity contribution in [3.63, 3.8) is 0 Å². The normalized spacial score (nSPS) is 12.7. The quantitative estimate of drug-likeness (QED) is 0.760. The van der Waals surface area contributed by atoms with E-state index in [0.29, 0.717) is 22.0 Å². The highest BCUT2D eigenvalue weighted by molar-refractivity contribution is 7.99. The highest BCUT2D eigenvalue weighted by atomic mass is 32.2. The number of nitrogen functional groups attached to an aromatic ring is 1. The number of nitrogens with zero attached hydrogens (tertiary/aromatic N) is 3. The molecule has 4 N–H and O–H groups in total. The van der Waals surface area contributed by atoms with E-state index in [9.17, 15) is 0 Å². The van der Waals surface area contributed by atoms with Gasteiger partial charge in [-0.1, -0.05) is 23.9 Å². The van der Waals surface area contributed by atoms with Gasteiger partial charge in [-0.3, -0.25) is 0 Å². The summed E-state index contributed by atoms with van der Waals surface area (Å²) in [5, 5.41) is 9.66. The molecule has 1 aliphatic heterocycles. The minimum Gasteiger partial charge on any atom is -0.383 e. The maximum Gasteiger partial charge on any atom is 0.142 e. The third kappa shape index (κ3) is 1.90. The summed E-state index contributed by atoms with van der Waals surface area (Å²) in [4.78, 5) is 9.58. The standard InChI is InChI=1S/C13H9N5S/c14-6-7-5-8-12(16)17-9-3-1-2-4-10(9)19-13(8)18-11(7)15/h1-5H,(H2,15,18)(H2,16,17). The first-order chi connectivity index (χ1) is 9.19. The molecule has 0 fully saturated rings. The molecule has 0 bridgehead atoms. The molecule has 0 spiro atoms. The molecule has 1 aromatic heterocycles. The summed E-state index contributed by atoms with van der Waals surface area (Å²) in [5.74, 6) is 0.553. The first-order valence-corrected chi connectivity index (χ1v) is 6.32. The van der Waals surface area contributed by atoms with Crippen LogP contribution in [0.2, 0.25) is 0 Å². The van der Waals surface area contributed by atoms with Crippen LogP contribution >= 0.6 is 11.8 Å². The lowest BCUT2D eigenvalue weighted by Crippen LogP contribution is -2.15. The smallest absolute Gasteiger partial charge is 0.142 e. The van der Waals surface area contributed by atoms with Gasteiger partial charge in [-0.2, -0.15) is 5.26 Å². The number of nitrogens with two attached hydrogens (primary N) is 2. The first-order valence-electron chi connectivity index (χ1n) is 5.51. The molecule has 0 radical (unpaired) electrons. The Hall–Kier alpha value is -2.52. The largest absolute Gasteiger partial charge is 0.383 e. The Labute approximate surface area is 114 Å². The number of rotatable bonds is 0. The molecule has 0 aliphatic carbocycles. The zero-order valence-corrected chi connectivity index (χ0v) is 10.6. The fourth-order valence-electron chi connectivity index (χ4n) is 1.79. The maximum absolute atomic E-state index is 8.99. The summed E-state index contributed by atoms with van der Waals surface area (Å²) in [7, 11) is 0. The second-order valence-electron chi connectivity index (χ2n) is 3.95. The van der Waals surface area contributed by atoms with E-state index < -0.39 is 0 Å². The van der Waals surface area contributed by atoms with Gasteiger partial charge in [0.15, 0.2) is 0 Å². The van der Waals surface area contributed by atoms with E-state index in [2.05, 4.69) is 9.98 Å². The number of benzene rings is 1. The molecule has 6 heteroatoms. The third-order valence-electron chi connectivity index (χ3n) is 2.73. The van der Waals surface area contributed by atoms with Gasteiger partial charge < -0.3 is 11.5 Å². The minimum absolute atomic E-state index is 0.209. The maximum atomic E-state index is 8.99. The molecule has 5 nitrogen and oxygen atoms in total. The van der Waals surface area contributed by atoms with E-state index >= 15 is 0 Å². The molecule has 0 amide bonds. The number of fused-ring (bicyclic) bond motifs is 2. The number of hydrogen-bond donors (Lipinski definition) is 2. The van der Waals surface area contributed by atoms with E-state index in [-0.39, 0.29) is 5.82 Å². The van der Waals surface area contributed by atoms with Crippen LogP contribution in [0, 0.1) is 11.3 Å². The van der Waals surface area contributed by atoms with Crippen molar-refractivity contribution in [2.45, 2.75) is 9.92 Å². The summed E-state index contributed by atoms with van der Waals surface area (Å²) < 4.78 is 0. The topological polar surface area (TPSA) is 101 Å². The van der Waals surface area contributed by atoms with E-state index in [1.54, 1.807) is 6.07 Å². The van der Waals surface area contributed by atoms with Crippen LogP contribution in [-0.2, 0) is 0 Å². The summed E-state index contributed by atoms with van der Waals surface area (Å²) in [6.07, 6.45) is 0. The van der Waals surface area contributed by atoms with Crippen molar-refractivity contribution in [3.8, 4) is 6.07 Å². The van der Waals surface area contributed by atoms with Gasteiger partial charge in [0.1, 0.15) is 22.7 Å². The average molecular weight is 267 g/mol. The lowest BCUT2D eigenvalue weighted by atomic mass is 10.2. The first kappa shape index (κ1) is 11.6. The number of anilines is 1. The van der Waals surface area contributed by atoms with Crippen molar-refractivity contribution in [1.29, 1.82) is 5.26 Å². The predicted molar refractivity (Wildman–Crippen MR) is 74.3 cm³/mol. The molecular weight excluding hydrogens is 258 g/mol. The van der Waals surface area contributed by atoms with Gasteiger partial charge in [-0.05, 0) is 18.2 Å². The fraction of sp³-hybridized carbons (Fsp3) is 0. The zero-order valence-electron chi connectivity index (χ0n) is 9.79. The van der Waals surface area contributed by atoms with Gasteiger partial charge in [0.2, 0.25) is 0 Å². The van der Waals surface area contributed by atoms with Gasteiger partial charge in [0.05, 0.1) is 16.8 Å². The van der Waals surface area contributed by atoms with Crippen molar-refractivity contribution >= 4 is 29.1 Å². The molecule has 0 unspecified atom stereocenters. The summed E-state index contributed by atoms with van der Waals surface area (Å²) in [6.45, 7) is 0. The molecule has 92 valence electrons. The van der Waals surface area contributed by atoms with Crippen LogP contribution in [-0.4, -0.2) is 10.8 Å². The minimum atomic E-state index is 0.209. The average Bonchev–Trinajstić information content (AvgIpc) is 2.53. The number of aliphatic imine (C=N–C) groups is 1. The number of pyridine rings is 1. The van der Waals surface area contributed by atoms with Gasteiger partial charge in [-0.15, -0.1) is 0 Å². The SMILES string of the molecule is N#Cc1cc2c(nc1N)Sc1ccccc1N=C2N. The molecule has 3 rings (SSSR count). The van der Waals surface area contributed by atoms with E-state index in [1.807, 2.05) is 30.3 Å². The van der Waals surface area contributed by atoms with Crippen LogP contribution in [0.25, 0.3) is 0 Å². The zero-order chi connectivity index (χ0) is 13.4. The molecule has 1 aliphatic rings. The number of para-hydroxylation sites is 1. The number of nitriles is 1. The van der Waals surface area contributed by atoms with E-state index in [1.165, 1.54) is 11.8 Å². The Kier molecular flexibility index (Phi) is 2.62. The highest BCUT2D eigenvalue weighted by Gasteiger charge is 2.18. The van der Waals surface area contributed by atoms with E-state index in [4.69, 9.17) is 16.7 Å². The van der Waals surface area contributed by atoms with Crippen LogP contribution in [0.15, 0.2) is 45.2 Å². The molecule has 0 saturated heterocycles. The van der Waals surface area contributed by atoms with Gasteiger partial charge in [0.25, 0.3) is 0 Å². The van der Waals surface area contributed by atoms with Gasteiger partial charge >= 0.3 is 0 Å². The van der Waals surface area contributed by atoms with Crippen molar-refractivity contribution in [3.05, 3.63) is 41.5 Å². The van der Waals surface area contributed by atoms with Crippen LogP contribution in [0.5, 0.6) is 0 Å². The van der Waals surface area contributed by atoms with Gasteiger partial charge in [-0.25, -0.2) is 9.98 Å². The molecular formula is C13H9N5S. The molecule has 1 aromatic carbocycles. The second kappa shape index (κ2) is 4.30. The molecule has 19 heavy (non-hydrogen) atoms. The Bertz CT molecular complexity index is 745. The molecule has 2 heterocycles. The highest BCUT2D eigenvalue weighted by Crippen LogP contribution is 2.39. The van der Waals surface area contributed by atoms with E-state index in [0.717, 1.165) is 10.6 Å². The summed E-state index contributed by atoms with van der Waals surface area (Å²) in [6, 6.07) is 11.3. The number of hydrogen-bond acceptors (Lipinski definition) is 6. The molecule has 0 atom stereocenters. The lowest BCUT2D eigenvalue weighted by molar-refractivity contribution is 1.12. The summed E-state index contributed by atoms with van der Waals surface area (Å²) in [5.41, 5.74) is 13.5. The monoisotopic (exact) mass is 267 g/mol. The van der Waals surface area contributed by atoms with Crippen molar-refractivity contribution in [2.75, 3.05) is 5.73 Å². The second-order valence-corrected chi connectivity index (χ2v) is 4.98. The lowest BCUT2D eigenvalue weighted by Gasteiger charge is -2.06. The van der Waals surface area contributed by atoms with Crippen LogP contribution in [0.3, 0.4) is 0 Å². The van der Waals surface area contributed by atoms with Crippen molar-refractivity contribution in [2.24, 2.45) is 10.7 Å². The van der Waals surface area contributed by atoms with Crippen molar-refractivity contribution in [1.82, 2.24) is 4.98 Å². The number of aromatic nitrogens is 1. The predicted octanol–water partition coefficient (Wildman–Crippen LogP) is 2.04.